The van der Waals surface area contributed by atoms with E-state index in [9.17, 15) is 17.6 Å². The summed E-state index contributed by atoms with van der Waals surface area (Å²) in [6.07, 6.45) is 1.16. The molecule has 0 aliphatic rings. The first-order chi connectivity index (χ1) is 14.8. The molecule has 0 bridgehead atoms. The van der Waals surface area contributed by atoms with Crippen molar-refractivity contribution in [3.63, 3.8) is 0 Å². The van der Waals surface area contributed by atoms with E-state index in [1.165, 1.54) is 16.4 Å². The SMILES string of the molecule is CS(=O)(=O)N(Cc1ccccc1)c1ccc(OCC(=O)NCc2ccc(F)cc2)cc1. The average molecular weight is 443 g/mol. The molecule has 0 aliphatic carbocycles. The minimum atomic E-state index is -3.49. The van der Waals surface area contributed by atoms with Crippen LogP contribution in [0.1, 0.15) is 11.1 Å². The van der Waals surface area contributed by atoms with Crippen LogP contribution in [0.2, 0.25) is 0 Å². The topological polar surface area (TPSA) is 75.7 Å². The second kappa shape index (κ2) is 10.1. The van der Waals surface area contributed by atoms with Gasteiger partial charge in [0.1, 0.15) is 11.6 Å². The highest BCUT2D eigenvalue weighted by Crippen LogP contribution is 2.23. The summed E-state index contributed by atoms with van der Waals surface area (Å²) in [6.45, 7) is 0.288. The maximum atomic E-state index is 12.9. The van der Waals surface area contributed by atoms with Gasteiger partial charge in [-0.05, 0) is 47.5 Å². The van der Waals surface area contributed by atoms with Crippen molar-refractivity contribution in [3.8, 4) is 5.75 Å². The summed E-state index contributed by atoms with van der Waals surface area (Å²) in [5.41, 5.74) is 2.14. The fourth-order valence-corrected chi connectivity index (χ4v) is 3.75. The number of carbonyl (C=O) groups is 1. The van der Waals surface area contributed by atoms with Crippen molar-refractivity contribution < 1.29 is 22.3 Å². The lowest BCUT2D eigenvalue weighted by atomic mass is 10.2. The number of nitrogens with one attached hydrogen (secondary N) is 1. The first-order valence-corrected chi connectivity index (χ1v) is 11.4. The Labute approximate surface area is 181 Å². The fraction of sp³-hybridized carbons (Fsp3) is 0.174. The normalized spacial score (nSPS) is 11.0. The minimum absolute atomic E-state index is 0.194. The number of benzene rings is 3. The minimum Gasteiger partial charge on any atom is -0.484 e. The van der Waals surface area contributed by atoms with Crippen molar-refractivity contribution in [2.24, 2.45) is 0 Å². The Bertz CT molecular complexity index is 1100. The summed E-state index contributed by atoms with van der Waals surface area (Å²) in [5, 5.41) is 2.69. The Hall–Kier alpha value is -3.39. The molecule has 0 unspecified atom stereocenters. The van der Waals surface area contributed by atoms with Crippen LogP contribution >= 0.6 is 0 Å². The maximum absolute atomic E-state index is 12.9. The molecule has 0 radical (unpaired) electrons. The van der Waals surface area contributed by atoms with Crippen LogP contribution in [0.15, 0.2) is 78.9 Å². The number of anilines is 1. The highest BCUT2D eigenvalue weighted by molar-refractivity contribution is 7.92. The summed E-state index contributed by atoms with van der Waals surface area (Å²) >= 11 is 0. The van der Waals surface area contributed by atoms with Crippen molar-refractivity contribution >= 4 is 21.6 Å². The van der Waals surface area contributed by atoms with E-state index < -0.39 is 10.0 Å². The van der Waals surface area contributed by atoms with Crippen LogP contribution in [0, 0.1) is 5.82 Å². The molecule has 3 aromatic carbocycles. The molecule has 3 aromatic rings. The van der Waals surface area contributed by atoms with E-state index >= 15 is 0 Å². The molecule has 1 amide bonds. The Morgan fingerprint density at radius 2 is 1.58 bits per heavy atom. The molecule has 0 fully saturated rings. The molecular formula is C23H23FN2O4S. The lowest BCUT2D eigenvalue weighted by Crippen LogP contribution is -2.29. The smallest absolute Gasteiger partial charge is 0.258 e. The van der Waals surface area contributed by atoms with Crippen LogP contribution in [0.3, 0.4) is 0 Å². The third kappa shape index (κ3) is 6.82. The van der Waals surface area contributed by atoms with E-state index in [2.05, 4.69) is 5.32 Å². The van der Waals surface area contributed by atoms with Crippen LogP contribution in [-0.2, 0) is 27.9 Å². The van der Waals surface area contributed by atoms with E-state index in [1.54, 1.807) is 36.4 Å². The molecule has 0 aliphatic heterocycles. The second-order valence-electron chi connectivity index (χ2n) is 6.94. The Kier molecular flexibility index (Phi) is 7.25. The lowest BCUT2D eigenvalue weighted by Gasteiger charge is -2.22. The number of nitrogens with zero attached hydrogens (tertiary/aromatic N) is 1. The number of hydrogen-bond acceptors (Lipinski definition) is 4. The zero-order valence-electron chi connectivity index (χ0n) is 17.0. The Morgan fingerprint density at radius 1 is 0.935 bits per heavy atom. The molecule has 1 N–H and O–H groups in total. The van der Waals surface area contributed by atoms with Gasteiger partial charge in [-0.25, -0.2) is 12.8 Å². The molecule has 0 saturated carbocycles. The number of sulfonamides is 1. The zero-order chi connectivity index (χ0) is 22.3. The van der Waals surface area contributed by atoms with Crippen LogP contribution in [0.5, 0.6) is 5.75 Å². The van der Waals surface area contributed by atoms with Crippen molar-refractivity contribution in [1.82, 2.24) is 5.32 Å². The Balaban J connectivity index is 1.56. The van der Waals surface area contributed by atoms with E-state index in [0.717, 1.165) is 17.4 Å². The average Bonchev–Trinajstić information content (AvgIpc) is 2.76. The van der Waals surface area contributed by atoms with Gasteiger partial charge in [0.25, 0.3) is 5.91 Å². The van der Waals surface area contributed by atoms with Crippen LogP contribution in [0.4, 0.5) is 10.1 Å². The maximum Gasteiger partial charge on any atom is 0.258 e. The highest BCUT2D eigenvalue weighted by Gasteiger charge is 2.18. The van der Waals surface area contributed by atoms with E-state index in [-0.39, 0.29) is 31.4 Å². The summed E-state index contributed by atoms with van der Waals surface area (Å²) in [4.78, 5) is 12.0. The standard InChI is InChI=1S/C23H23FN2O4S/c1-31(28,29)26(16-19-5-3-2-4-6-19)21-11-13-22(14-12-21)30-17-23(27)25-15-18-7-9-20(24)10-8-18/h2-14H,15-17H2,1H3,(H,25,27). The lowest BCUT2D eigenvalue weighted by molar-refractivity contribution is -0.123. The number of ether oxygens (including phenoxy) is 1. The molecule has 0 heterocycles. The molecule has 3 rings (SSSR count). The Morgan fingerprint density at radius 3 is 2.19 bits per heavy atom. The van der Waals surface area contributed by atoms with Crippen LogP contribution < -0.4 is 14.4 Å². The molecule has 0 spiro atoms. The first kappa shape index (κ1) is 22.3. The summed E-state index contributed by atoms with van der Waals surface area (Å²) in [5.74, 6) is -0.218. The van der Waals surface area contributed by atoms with Gasteiger partial charge in [0.05, 0.1) is 18.5 Å². The number of amides is 1. The molecule has 8 heteroatoms. The summed E-state index contributed by atoms with van der Waals surface area (Å²) in [6, 6.07) is 21.7. The molecule has 0 saturated heterocycles. The van der Waals surface area contributed by atoms with Gasteiger partial charge in [-0.15, -0.1) is 0 Å². The van der Waals surface area contributed by atoms with Gasteiger partial charge in [-0.3, -0.25) is 9.10 Å². The zero-order valence-corrected chi connectivity index (χ0v) is 17.8. The molecule has 0 atom stereocenters. The number of halogens is 1. The van der Waals surface area contributed by atoms with Crippen molar-refractivity contribution in [2.75, 3.05) is 17.2 Å². The van der Waals surface area contributed by atoms with Gasteiger partial charge in [0.2, 0.25) is 10.0 Å². The van der Waals surface area contributed by atoms with Gasteiger partial charge in [-0.1, -0.05) is 42.5 Å². The van der Waals surface area contributed by atoms with Crippen molar-refractivity contribution in [1.29, 1.82) is 0 Å². The number of hydrogen-bond donors (Lipinski definition) is 1. The summed E-state index contributed by atoms with van der Waals surface area (Å²) in [7, 11) is -3.49. The first-order valence-electron chi connectivity index (χ1n) is 9.57. The fourth-order valence-electron chi connectivity index (χ4n) is 2.86. The van der Waals surface area contributed by atoms with Gasteiger partial charge in [-0.2, -0.15) is 0 Å². The van der Waals surface area contributed by atoms with E-state index in [1.807, 2.05) is 30.3 Å². The van der Waals surface area contributed by atoms with Gasteiger partial charge in [0.15, 0.2) is 6.61 Å². The molecule has 31 heavy (non-hydrogen) atoms. The predicted molar refractivity (Wildman–Crippen MR) is 118 cm³/mol. The third-order valence-electron chi connectivity index (χ3n) is 4.47. The molecule has 162 valence electrons. The van der Waals surface area contributed by atoms with Crippen molar-refractivity contribution in [2.45, 2.75) is 13.1 Å². The molecule has 0 aromatic heterocycles. The second-order valence-corrected chi connectivity index (χ2v) is 8.85. The quantitative estimate of drug-likeness (QED) is 0.551. The van der Waals surface area contributed by atoms with E-state index in [4.69, 9.17) is 4.74 Å². The van der Waals surface area contributed by atoms with Gasteiger partial charge in [0, 0.05) is 6.54 Å². The highest BCUT2D eigenvalue weighted by atomic mass is 32.2. The van der Waals surface area contributed by atoms with Gasteiger partial charge < -0.3 is 10.1 Å². The van der Waals surface area contributed by atoms with Crippen LogP contribution in [0.25, 0.3) is 0 Å². The largest absolute Gasteiger partial charge is 0.484 e. The van der Waals surface area contributed by atoms with Gasteiger partial charge >= 0.3 is 0 Å². The monoisotopic (exact) mass is 442 g/mol. The third-order valence-corrected chi connectivity index (χ3v) is 5.61. The molecular weight excluding hydrogens is 419 g/mol. The predicted octanol–water partition coefficient (Wildman–Crippen LogP) is 3.49. The van der Waals surface area contributed by atoms with Crippen molar-refractivity contribution in [3.05, 3.63) is 95.8 Å². The molecule has 6 nitrogen and oxygen atoms in total. The number of rotatable bonds is 9. The number of carbonyl (C=O) groups excluding carboxylic acids is 1. The van der Waals surface area contributed by atoms with E-state index in [0.29, 0.717) is 11.4 Å². The van der Waals surface area contributed by atoms with Crippen LogP contribution in [-0.4, -0.2) is 27.2 Å². The summed E-state index contributed by atoms with van der Waals surface area (Å²) < 4.78 is 44.2.